The molecule has 2 unspecified atom stereocenters. The van der Waals surface area contributed by atoms with Crippen LogP contribution in [0.4, 0.5) is 0 Å². The normalized spacial score (nSPS) is 13.4. The molecular formula is C69H123NO3. The van der Waals surface area contributed by atoms with Crippen molar-refractivity contribution in [3.05, 3.63) is 97.2 Å². The van der Waals surface area contributed by atoms with E-state index in [1.807, 2.05) is 6.08 Å². The fourth-order valence-corrected chi connectivity index (χ4v) is 9.52. The Morgan fingerprint density at radius 3 is 0.904 bits per heavy atom. The van der Waals surface area contributed by atoms with Gasteiger partial charge in [-0.3, -0.25) is 4.79 Å². The number of nitrogens with one attached hydrogen (secondary N) is 1. The maximum absolute atomic E-state index is 12.5. The molecule has 0 fully saturated rings. The first kappa shape index (κ1) is 70.3. The lowest BCUT2D eigenvalue weighted by Crippen LogP contribution is -2.45. The number of carbonyl (C=O) groups excluding carboxylic acids is 1. The molecule has 0 spiro atoms. The van der Waals surface area contributed by atoms with Crippen molar-refractivity contribution in [2.24, 2.45) is 0 Å². The van der Waals surface area contributed by atoms with Crippen LogP contribution in [0.3, 0.4) is 0 Å². The number of rotatable bonds is 58. The first-order valence-electron chi connectivity index (χ1n) is 32.0. The van der Waals surface area contributed by atoms with Gasteiger partial charge in [-0.25, -0.2) is 0 Å². The molecule has 4 heteroatoms. The molecule has 0 saturated heterocycles. The van der Waals surface area contributed by atoms with Gasteiger partial charge >= 0.3 is 0 Å². The van der Waals surface area contributed by atoms with Crippen LogP contribution < -0.4 is 5.32 Å². The third kappa shape index (κ3) is 60.1. The molecule has 422 valence electrons. The summed E-state index contributed by atoms with van der Waals surface area (Å²) in [4.78, 5) is 12.5. The topological polar surface area (TPSA) is 69.6 Å². The van der Waals surface area contributed by atoms with Gasteiger partial charge < -0.3 is 15.5 Å². The fourth-order valence-electron chi connectivity index (χ4n) is 9.52. The van der Waals surface area contributed by atoms with Crippen molar-refractivity contribution in [2.45, 2.75) is 328 Å². The summed E-state index contributed by atoms with van der Waals surface area (Å²) in [5.41, 5.74) is 0. The molecule has 0 saturated carbocycles. The van der Waals surface area contributed by atoms with E-state index in [2.05, 4.69) is 104 Å². The van der Waals surface area contributed by atoms with Crippen LogP contribution in [-0.2, 0) is 4.79 Å². The van der Waals surface area contributed by atoms with Gasteiger partial charge in [0.25, 0.3) is 0 Å². The lowest BCUT2D eigenvalue weighted by Gasteiger charge is -2.20. The van der Waals surface area contributed by atoms with Crippen molar-refractivity contribution in [1.29, 1.82) is 0 Å². The molecule has 4 nitrogen and oxygen atoms in total. The molecular weight excluding hydrogens is 891 g/mol. The minimum absolute atomic E-state index is 0.0756. The second-order valence-electron chi connectivity index (χ2n) is 21.5. The predicted molar refractivity (Wildman–Crippen MR) is 326 cm³/mol. The van der Waals surface area contributed by atoms with E-state index >= 15 is 0 Å². The van der Waals surface area contributed by atoms with Crippen molar-refractivity contribution in [3.63, 3.8) is 0 Å². The van der Waals surface area contributed by atoms with E-state index in [0.717, 1.165) is 83.5 Å². The quantitative estimate of drug-likeness (QED) is 0.0420. The van der Waals surface area contributed by atoms with E-state index in [4.69, 9.17) is 0 Å². The van der Waals surface area contributed by atoms with Crippen LogP contribution >= 0.6 is 0 Å². The van der Waals surface area contributed by atoms with Crippen LogP contribution in [-0.4, -0.2) is 34.9 Å². The molecule has 2 atom stereocenters. The van der Waals surface area contributed by atoms with Crippen LogP contribution in [0.1, 0.15) is 316 Å². The van der Waals surface area contributed by atoms with Gasteiger partial charge in [-0.05, 0) is 77.0 Å². The molecule has 0 aliphatic carbocycles. The first-order valence-corrected chi connectivity index (χ1v) is 32.0. The van der Waals surface area contributed by atoms with Crippen molar-refractivity contribution in [3.8, 4) is 0 Å². The molecule has 0 aromatic rings. The third-order valence-corrected chi connectivity index (χ3v) is 14.3. The van der Waals surface area contributed by atoms with Crippen LogP contribution in [0.5, 0.6) is 0 Å². The number of carbonyl (C=O) groups is 1. The van der Waals surface area contributed by atoms with Gasteiger partial charge in [-0.15, -0.1) is 0 Å². The minimum atomic E-state index is -0.853. The lowest BCUT2D eigenvalue weighted by atomic mass is 10.0. The van der Waals surface area contributed by atoms with Gasteiger partial charge in [0, 0.05) is 6.42 Å². The summed E-state index contributed by atoms with van der Waals surface area (Å²) >= 11 is 0. The standard InChI is InChI=1S/C69H123NO3/c1-3-5-7-9-11-13-15-17-19-21-23-25-27-29-31-33-34-35-37-38-40-42-44-46-48-50-52-54-56-58-60-62-64-68(72)67(66-71)70-69(73)65-63-61-59-57-55-53-51-49-47-45-43-41-39-36-32-30-28-26-24-22-20-18-16-14-12-10-8-6-4-2/h6,8,12,14,18,20,24,26,30,32,39,41,45,47,62,64,67-68,71-72H,3-5,7,9-11,13,15-17,19,21-23,25,27-29,31,33-38,40,42-44,46,48-61,63,65-66H2,1-2H3,(H,70,73)/b8-6-,14-12-,20-18-,26-24-,32-30-,41-39-,47-45-,64-62+. The Balaban J connectivity index is 3.53. The van der Waals surface area contributed by atoms with Gasteiger partial charge in [0.1, 0.15) is 0 Å². The summed E-state index contributed by atoms with van der Waals surface area (Å²) in [5, 5.41) is 23.3. The Hall–Kier alpha value is -2.69. The highest BCUT2D eigenvalue weighted by Crippen LogP contribution is 2.17. The number of unbranched alkanes of at least 4 members (excludes halogenated alkanes) is 37. The lowest BCUT2D eigenvalue weighted by molar-refractivity contribution is -0.123. The molecule has 0 radical (unpaired) electrons. The van der Waals surface area contributed by atoms with E-state index < -0.39 is 12.1 Å². The molecule has 0 aliphatic heterocycles. The summed E-state index contributed by atoms with van der Waals surface area (Å²) in [7, 11) is 0. The molecule has 0 heterocycles. The Bertz CT molecular complexity index is 1330. The van der Waals surface area contributed by atoms with Crippen LogP contribution in [0.25, 0.3) is 0 Å². The van der Waals surface area contributed by atoms with E-state index in [9.17, 15) is 15.0 Å². The van der Waals surface area contributed by atoms with Crippen LogP contribution in [0.15, 0.2) is 97.2 Å². The molecule has 73 heavy (non-hydrogen) atoms. The van der Waals surface area contributed by atoms with Gasteiger partial charge in [-0.1, -0.05) is 329 Å². The zero-order chi connectivity index (χ0) is 52.7. The minimum Gasteiger partial charge on any atom is -0.394 e. The number of aliphatic hydroxyl groups is 2. The van der Waals surface area contributed by atoms with E-state index in [1.54, 1.807) is 6.08 Å². The maximum atomic E-state index is 12.5. The van der Waals surface area contributed by atoms with Gasteiger partial charge in [0.15, 0.2) is 0 Å². The average molecular weight is 1010 g/mol. The smallest absolute Gasteiger partial charge is 0.220 e. The van der Waals surface area contributed by atoms with Crippen molar-refractivity contribution in [1.82, 2.24) is 5.32 Å². The average Bonchev–Trinajstić information content (AvgIpc) is 3.40. The van der Waals surface area contributed by atoms with Crippen molar-refractivity contribution >= 4 is 5.91 Å². The highest BCUT2D eigenvalue weighted by molar-refractivity contribution is 5.76. The third-order valence-electron chi connectivity index (χ3n) is 14.3. The predicted octanol–water partition coefficient (Wildman–Crippen LogP) is 21.6. The maximum Gasteiger partial charge on any atom is 0.220 e. The molecule has 0 aromatic carbocycles. The molecule has 0 aliphatic rings. The zero-order valence-corrected chi connectivity index (χ0v) is 48.6. The summed E-state index contributed by atoms with van der Waals surface area (Å²) in [6.07, 6.45) is 94.6. The number of aliphatic hydroxyl groups excluding tert-OH is 2. The highest BCUT2D eigenvalue weighted by Gasteiger charge is 2.18. The summed E-state index contributed by atoms with van der Waals surface area (Å²) in [6.45, 7) is 4.21. The number of amides is 1. The SMILES string of the molecule is CC/C=C\C/C=C\C/C=C\C/C=C\C/C=C\C/C=C\C/C=C\CCCCCCCCCC(=O)NC(CO)C(O)/C=C/CCCCCCCCCCCCCCCCCCCCCCCCCCCCCCCC. The molecule has 0 rings (SSSR count). The molecule has 3 N–H and O–H groups in total. The summed E-state index contributed by atoms with van der Waals surface area (Å²) in [6, 6.07) is -0.637. The van der Waals surface area contributed by atoms with Crippen molar-refractivity contribution < 1.29 is 15.0 Å². The Labute approximate surface area is 455 Å². The van der Waals surface area contributed by atoms with Crippen LogP contribution in [0, 0.1) is 0 Å². The van der Waals surface area contributed by atoms with Crippen LogP contribution in [0.2, 0.25) is 0 Å². The molecule has 1 amide bonds. The van der Waals surface area contributed by atoms with E-state index in [0.29, 0.717) is 6.42 Å². The number of hydrogen-bond donors (Lipinski definition) is 3. The van der Waals surface area contributed by atoms with Crippen molar-refractivity contribution in [2.75, 3.05) is 6.61 Å². The second-order valence-corrected chi connectivity index (χ2v) is 21.5. The fraction of sp³-hybridized carbons (Fsp3) is 0.754. The summed E-state index contributed by atoms with van der Waals surface area (Å²) in [5.74, 6) is -0.0756. The first-order chi connectivity index (χ1) is 36.2. The van der Waals surface area contributed by atoms with E-state index in [-0.39, 0.29) is 12.5 Å². The Morgan fingerprint density at radius 2 is 0.603 bits per heavy atom. The van der Waals surface area contributed by atoms with Gasteiger partial charge in [0.2, 0.25) is 5.91 Å². The zero-order valence-electron chi connectivity index (χ0n) is 48.6. The molecule has 0 bridgehead atoms. The monoisotopic (exact) mass is 1010 g/mol. The Kier molecular flexibility index (Phi) is 61.3. The largest absolute Gasteiger partial charge is 0.394 e. The van der Waals surface area contributed by atoms with E-state index in [1.165, 1.54) is 212 Å². The number of allylic oxidation sites excluding steroid dienone is 15. The Morgan fingerprint density at radius 1 is 0.342 bits per heavy atom. The van der Waals surface area contributed by atoms with Gasteiger partial charge in [-0.2, -0.15) is 0 Å². The molecule has 0 aromatic heterocycles. The highest BCUT2D eigenvalue weighted by atomic mass is 16.3. The summed E-state index contributed by atoms with van der Waals surface area (Å²) < 4.78 is 0. The number of hydrogen-bond acceptors (Lipinski definition) is 3. The second kappa shape index (κ2) is 63.6. The van der Waals surface area contributed by atoms with Gasteiger partial charge in [0.05, 0.1) is 18.8 Å².